The summed E-state index contributed by atoms with van der Waals surface area (Å²) in [7, 11) is 0. The van der Waals surface area contributed by atoms with Gasteiger partial charge in [0.2, 0.25) is 10.8 Å². The lowest BCUT2D eigenvalue weighted by atomic mass is 9.95. The summed E-state index contributed by atoms with van der Waals surface area (Å²) in [6, 6.07) is 8.06. The molecule has 2 aromatic heterocycles. The Morgan fingerprint density at radius 1 is 1.38 bits per heavy atom. The summed E-state index contributed by atoms with van der Waals surface area (Å²) >= 11 is 7.82. The zero-order chi connectivity index (χ0) is 18.3. The number of aromatic nitrogens is 3. The summed E-state index contributed by atoms with van der Waals surface area (Å²) in [6.45, 7) is 6.51. The average Bonchev–Trinajstić information content (AvgIpc) is 3.17. The number of rotatable bonds is 4. The first-order chi connectivity index (χ1) is 12.6. The number of quaternary nitrogens is 1. The minimum atomic E-state index is 0.0553. The zero-order valence-electron chi connectivity index (χ0n) is 15.1. The van der Waals surface area contributed by atoms with Crippen LogP contribution in [0.5, 0.6) is 5.88 Å². The quantitative estimate of drug-likeness (QED) is 0.718. The van der Waals surface area contributed by atoms with E-state index in [0.717, 1.165) is 51.7 Å². The SMILES string of the molecule is CCc1nc2sc([C@@H](c3cccc(Cl)c3)[NH+]3CCC(C)CC3)c(O)n2n1. The fourth-order valence-electron chi connectivity index (χ4n) is 3.81. The summed E-state index contributed by atoms with van der Waals surface area (Å²) in [5.41, 5.74) is 1.14. The Morgan fingerprint density at radius 3 is 2.81 bits per heavy atom. The molecule has 4 rings (SSSR count). The lowest BCUT2D eigenvalue weighted by molar-refractivity contribution is -0.931. The van der Waals surface area contributed by atoms with E-state index in [9.17, 15) is 5.11 Å². The van der Waals surface area contributed by atoms with E-state index in [1.807, 2.05) is 25.1 Å². The normalized spacial score (nSPS) is 22.0. The first kappa shape index (κ1) is 17.8. The van der Waals surface area contributed by atoms with Crippen LogP contribution in [0.1, 0.15) is 49.0 Å². The molecule has 1 aliphatic rings. The van der Waals surface area contributed by atoms with Crippen molar-refractivity contribution in [1.29, 1.82) is 0 Å². The van der Waals surface area contributed by atoms with Crippen molar-refractivity contribution in [2.24, 2.45) is 5.92 Å². The first-order valence-electron chi connectivity index (χ1n) is 9.24. The van der Waals surface area contributed by atoms with Crippen LogP contribution in [0.2, 0.25) is 5.02 Å². The standard InChI is InChI=1S/C19H23ClN4OS/c1-3-15-21-19-24(22-15)18(25)17(26-19)16(13-5-4-6-14(20)11-13)23-9-7-12(2)8-10-23/h4-6,11-12,16,25H,3,7-10H2,1-2H3/p+1/t16-/m1/s1. The smallest absolute Gasteiger partial charge is 0.235 e. The number of hydrogen-bond acceptors (Lipinski definition) is 4. The number of halogens is 1. The van der Waals surface area contributed by atoms with Gasteiger partial charge in [-0.1, -0.05) is 48.9 Å². The Balaban J connectivity index is 1.79. The largest absolute Gasteiger partial charge is 0.492 e. The second kappa shape index (κ2) is 7.18. The van der Waals surface area contributed by atoms with Crippen LogP contribution in [-0.2, 0) is 6.42 Å². The number of piperidine rings is 1. The van der Waals surface area contributed by atoms with Gasteiger partial charge in [-0.15, -0.1) is 5.10 Å². The number of hydrogen-bond donors (Lipinski definition) is 2. The van der Waals surface area contributed by atoms with Gasteiger partial charge < -0.3 is 10.0 Å². The summed E-state index contributed by atoms with van der Waals surface area (Å²) in [5.74, 6) is 1.74. The zero-order valence-corrected chi connectivity index (χ0v) is 16.6. The van der Waals surface area contributed by atoms with E-state index >= 15 is 0 Å². The molecule has 1 aromatic carbocycles. The molecule has 138 valence electrons. The van der Waals surface area contributed by atoms with E-state index < -0.39 is 0 Å². The van der Waals surface area contributed by atoms with Crippen molar-refractivity contribution >= 4 is 27.9 Å². The summed E-state index contributed by atoms with van der Waals surface area (Å²) in [5, 5.41) is 16.1. The number of nitrogens with one attached hydrogen (secondary N) is 1. The van der Waals surface area contributed by atoms with E-state index in [2.05, 4.69) is 23.1 Å². The molecule has 5 nitrogen and oxygen atoms in total. The van der Waals surface area contributed by atoms with Gasteiger partial charge in [0, 0.05) is 17.0 Å². The molecule has 0 aliphatic carbocycles. The highest BCUT2D eigenvalue weighted by Crippen LogP contribution is 2.36. The van der Waals surface area contributed by atoms with E-state index in [4.69, 9.17) is 11.6 Å². The third-order valence-electron chi connectivity index (χ3n) is 5.33. The molecule has 1 aliphatic heterocycles. The van der Waals surface area contributed by atoms with Crippen molar-refractivity contribution in [3.63, 3.8) is 0 Å². The van der Waals surface area contributed by atoms with Crippen LogP contribution in [0.3, 0.4) is 0 Å². The van der Waals surface area contributed by atoms with Crippen molar-refractivity contribution < 1.29 is 10.0 Å². The number of aromatic hydroxyl groups is 1. The predicted octanol–water partition coefficient (Wildman–Crippen LogP) is 3.12. The van der Waals surface area contributed by atoms with Crippen molar-refractivity contribution in [2.45, 2.75) is 39.2 Å². The molecule has 3 heterocycles. The summed E-state index contributed by atoms with van der Waals surface area (Å²) in [4.78, 5) is 7.69. The van der Waals surface area contributed by atoms with Gasteiger partial charge in [-0.05, 0) is 30.9 Å². The Labute approximate surface area is 162 Å². The van der Waals surface area contributed by atoms with Crippen LogP contribution in [0, 0.1) is 5.92 Å². The van der Waals surface area contributed by atoms with Crippen LogP contribution in [-0.4, -0.2) is 32.8 Å². The summed E-state index contributed by atoms with van der Waals surface area (Å²) < 4.78 is 1.59. The molecule has 0 bridgehead atoms. The molecule has 1 atom stereocenters. The van der Waals surface area contributed by atoms with Gasteiger partial charge in [-0.25, -0.2) is 4.98 Å². The highest BCUT2D eigenvalue weighted by atomic mass is 35.5. The minimum Gasteiger partial charge on any atom is -0.492 e. The molecule has 0 spiro atoms. The highest BCUT2D eigenvalue weighted by molar-refractivity contribution is 7.17. The van der Waals surface area contributed by atoms with Crippen molar-refractivity contribution in [3.8, 4) is 5.88 Å². The molecule has 26 heavy (non-hydrogen) atoms. The van der Waals surface area contributed by atoms with Gasteiger partial charge in [0.25, 0.3) is 0 Å². The van der Waals surface area contributed by atoms with E-state index in [-0.39, 0.29) is 11.9 Å². The maximum Gasteiger partial charge on any atom is 0.235 e. The van der Waals surface area contributed by atoms with Crippen molar-refractivity contribution in [2.75, 3.05) is 13.1 Å². The van der Waals surface area contributed by atoms with Crippen LogP contribution in [0.25, 0.3) is 4.96 Å². The topological polar surface area (TPSA) is 54.9 Å². The monoisotopic (exact) mass is 391 g/mol. The Hall–Kier alpha value is -1.63. The molecule has 7 heteroatoms. The molecule has 1 fully saturated rings. The first-order valence-corrected chi connectivity index (χ1v) is 10.4. The third kappa shape index (κ3) is 3.21. The third-order valence-corrected chi connectivity index (χ3v) is 6.65. The fraction of sp³-hybridized carbons (Fsp3) is 0.474. The number of fused-ring (bicyclic) bond motifs is 1. The molecule has 1 saturated heterocycles. The number of likely N-dealkylation sites (tertiary alicyclic amines) is 1. The second-order valence-corrected chi connectivity index (χ2v) is 8.64. The van der Waals surface area contributed by atoms with Crippen molar-refractivity contribution in [3.05, 3.63) is 45.6 Å². The van der Waals surface area contributed by atoms with Gasteiger partial charge in [-0.3, -0.25) is 0 Å². The number of nitrogens with zero attached hydrogens (tertiary/aromatic N) is 3. The molecule has 0 amide bonds. The molecule has 0 unspecified atom stereocenters. The van der Waals surface area contributed by atoms with E-state index in [0.29, 0.717) is 0 Å². The highest BCUT2D eigenvalue weighted by Gasteiger charge is 2.34. The van der Waals surface area contributed by atoms with Gasteiger partial charge in [-0.2, -0.15) is 4.52 Å². The lowest BCUT2D eigenvalue weighted by Crippen LogP contribution is -3.13. The Bertz CT molecular complexity index is 914. The van der Waals surface area contributed by atoms with E-state index in [1.54, 1.807) is 4.52 Å². The molecule has 2 N–H and O–H groups in total. The Kier molecular flexibility index (Phi) is 4.90. The van der Waals surface area contributed by atoms with Crippen LogP contribution < -0.4 is 4.90 Å². The number of benzene rings is 1. The molecule has 0 saturated carbocycles. The fourth-order valence-corrected chi connectivity index (χ4v) is 5.17. The molecule has 0 radical (unpaired) electrons. The molecular formula is C19H24ClN4OS+. The van der Waals surface area contributed by atoms with E-state index in [1.165, 1.54) is 29.1 Å². The minimum absolute atomic E-state index is 0.0553. The van der Waals surface area contributed by atoms with Gasteiger partial charge in [0.15, 0.2) is 11.9 Å². The van der Waals surface area contributed by atoms with Crippen molar-refractivity contribution in [1.82, 2.24) is 14.6 Å². The summed E-state index contributed by atoms with van der Waals surface area (Å²) in [6.07, 6.45) is 3.16. The lowest BCUT2D eigenvalue weighted by Gasteiger charge is -2.33. The van der Waals surface area contributed by atoms with Gasteiger partial charge >= 0.3 is 0 Å². The molecule has 3 aromatic rings. The van der Waals surface area contributed by atoms with Crippen LogP contribution >= 0.6 is 22.9 Å². The number of aryl methyl sites for hydroxylation is 1. The van der Waals surface area contributed by atoms with Crippen LogP contribution in [0.15, 0.2) is 24.3 Å². The Morgan fingerprint density at radius 2 is 2.15 bits per heavy atom. The second-order valence-electron chi connectivity index (χ2n) is 7.19. The van der Waals surface area contributed by atoms with Gasteiger partial charge in [0.05, 0.1) is 13.1 Å². The predicted molar refractivity (Wildman–Crippen MR) is 104 cm³/mol. The van der Waals surface area contributed by atoms with Gasteiger partial charge in [0.1, 0.15) is 4.88 Å². The maximum absolute atomic E-state index is 10.9. The van der Waals surface area contributed by atoms with Crippen LogP contribution in [0.4, 0.5) is 0 Å². The molecular weight excluding hydrogens is 368 g/mol. The average molecular weight is 392 g/mol. The maximum atomic E-state index is 10.9. The number of thiazole rings is 1.